The molecular weight excluding hydrogens is 354 g/mol. The highest BCUT2D eigenvalue weighted by atomic mass is 35.5. The molecule has 136 valence electrons. The second-order valence-corrected chi connectivity index (χ2v) is 6.81. The second-order valence-electron chi connectivity index (χ2n) is 6.40. The van der Waals surface area contributed by atoms with Gasteiger partial charge in [-0.25, -0.2) is 0 Å². The molecule has 1 aliphatic heterocycles. The minimum atomic E-state index is -0.492. The summed E-state index contributed by atoms with van der Waals surface area (Å²) in [5.41, 5.74) is 2.27. The van der Waals surface area contributed by atoms with Crippen molar-refractivity contribution < 1.29 is 10.0 Å². The third-order valence-electron chi connectivity index (χ3n) is 4.51. The first kappa shape index (κ1) is 18.2. The smallest absolute Gasteiger partial charge is 0.270 e. The Bertz CT molecular complexity index is 861. The molecule has 1 aliphatic rings. The number of nitro groups is 1. The summed E-state index contributed by atoms with van der Waals surface area (Å²) in [5.74, 6) is -0.0182. The first-order chi connectivity index (χ1) is 12.5. The number of nitrogens with zero attached hydrogens (tertiary/aromatic N) is 3. The Kier molecular flexibility index (Phi) is 5.42. The summed E-state index contributed by atoms with van der Waals surface area (Å²) >= 11 is 6.41. The van der Waals surface area contributed by atoms with Gasteiger partial charge < -0.3 is 10.0 Å². The number of aliphatic imine (C=N–C) groups is 1. The Balaban J connectivity index is 1.85. The van der Waals surface area contributed by atoms with E-state index in [4.69, 9.17) is 11.6 Å². The van der Waals surface area contributed by atoms with Gasteiger partial charge in [0.05, 0.1) is 21.3 Å². The van der Waals surface area contributed by atoms with Crippen LogP contribution in [0.2, 0.25) is 5.02 Å². The predicted molar refractivity (Wildman–Crippen MR) is 104 cm³/mol. The topological polar surface area (TPSA) is 79.0 Å². The second kappa shape index (κ2) is 7.74. The number of phenolic OH excluding ortho intramolecular Hbond substituents is 1. The van der Waals surface area contributed by atoms with Crippen LogP contribution in [0.15, 0.2) is 35.3 Å². The lowest BCUT2D eigenvalue weighted by atomic mass is 10.1. The number of halogens is 1. The Morgan fingerprint density at radius 2 is 1.96 bits per heavy atom. The Morgan fingerprint density at radius 1 is 1.23 bits per heavy atom. The van der Waals surface area contributed by atoms with E-state index in [0.717, 1.165) is 18.8 Å². The van der Waals surface area contributed by atoms with Gasteiger partial charge in [-0.05, 0) is 49.9 Å². The van der Waals surface area contributed by atoms with Crippen LogP contribution in [0.3, 0.4) is 0 Å². The van der Waals surface area contributed by atoms with E-state index in [1.165, 1.54) is 37.6 Å². The van der Waals surface area contributed by atoms with E-state index >= 15 is 0 Å². The molecule has 0 unspecified atom stereocenters. The van der Waals surface area contributed by atoms with Gasteiger partial charge in [0, 0.05) is 37.0 Å². The molecule has 3 rings (SSSR count). The summed E-state index contributed by atoms with van der Waals surface area (Å²) in [6.07, 6.45) is 5.01. The molecule has 0 atom stereocenters. The molecule has 1 N–H and O–H groups in total. The van der Waals surface area contributed by atoms with Gasteiger partial charge in [0.1, 0.15) is 5.75 Å². The summed E-state index contributed by atoms with van der Waals surface area (Å²) in [5, 5.41) is 21.7. The van der Waals surface area contributed by atoms with Gasteiger partial charge in [-0.15, -0.1) is 0 Å². The van der Waals surface area contributed by atoms with E-state index in [1.54, 1.807) is 13.0 Å². The lowest BCUT2D eigenvalue weighted by Gasteiger charge is -2.29. The predicted octanol–water partition coefficient (Wildman–Crippen LogP) is 5.00. The number of rotatable bonds is 4. The van der Waals surface area contributed by atoms with E-state index in [-0.39, 0.29) is 11.4 Å². The Morgan fingerprint density at radius 3 is 2.62 bits per heavy atom. The molecule has 0 spiro atoms. The molecule has 1 heterocycles. The summed E-state index contributed by atoms with van der Waals surface area (Å²) in [6.45, 7) is 3.62. The average molecular weight is 374 g/mol. The maximum atomic E-state index is 11.0. The molecule has 2 aromatic rings. The molecule has 1 saturated heterocycles. The number of hydrogen-bond donors (Lipinski definition) is 1. The van der Waals surface area contributed by atoms with Gasteiger partial charge in [0.15, 0.2) is 0 Å². The Hall–Kier alpha value is -2.60. The maximum absolute atomic E-state index is 11.0. The number of non-ortho nitro benzene ring substituents is 1. The van der Waals surface area contributed by atoms with Gasteiger partial charge in [-0.1, -0.05) is 11.6 Å². The zero-order valence-electron chi connectivity index (χ0n) is 14.5. The van der Waals surface area contributed by atoms with E-state index in [1.807, 2.05) is 12.1 Å². The molecule has 7 heteroatoms. The van der Waals surface area contributed by atoms with Gasteiger partial charge in [-0.3, -0.25) is 15.1 Å². The van der Waals surface area contributed by atoms with Crippen LogP contribution in [0.25, 0.3) is 0 Å². The molecule has 2 aromatic carbocycles. The average Bonchev–Trinajstić information content (AvgIpc) is 2.63. The minimum Gasteiger partial charge on any atom is -0.507 e. The highest BCUT2D eigenvalue weighted by molar-refractivity contribution is 6.33. The van der Waals surface area contributed by atoms with Crippen LogP contribution in [-0.2, 0) is 0 Å². The van der Waals surface area contributed by atoms with Crippen molar-refractivity contribution in [1.82, 2.24) is 0 Å². The van der Waals surface area contributed by atoms with E-state index in [0.29, 0.717) is 21.8 Å². The van der Waals surface area contributed by atoms with E-state index in [9.17, 15) is 15.2 Å². The van der Waals surface area contributed by atoms with Gasteiger partial charge in [0.25, 0.3) is 5.69 Å². The van der Waals surface area contributed by atoms with Crippen LogP contribution in [0.1, 0.15) is 30.4 Å². The molecule has 0 bridgehead atoms. The van der Waals surface area contributed by atoms with Crippen molar-refractivity contribution in [2.75, 3.05) is 18.0 Å². The van der Waals surface area contributed by atoms with Crippen LogP contribution in [0.5, 0.6) is 5.75 Å². The first-order valence-electron chi connectivity index (χ1n) is 8.52. The van der Waals surface area contributed by atoms with Gasteiger partial charge in [0.2, 0.25) is 0 Å². The first-order valence-corrected chi connectivity index (χ1v) is 8.90. The molecule has 0 aromatic heterocycles. The molecule has 0 radical (unpaired) electrons. The third-order valence-corrected chi connectivity index (χ3v) is 4.81. The number of anilines is 1. The number of nitro benzene ring substituents is 1. The van der Waals surface area contributed by atoms with E-state index < -0.39 is 4.92 Å². The number of aryl methyl sites for hydroxylation is 1. The highest BCUT2D eigenvalue weighted by Crippen LogP contribution is 2.32. The van der Waals surface area contributed by atoms with Gasteiger partial charge >= 0.3 is 0 Å². The van der Waals surface area contributed by atoms with Crippen molar-refractivity contribution in [2.45, 2.75) is 26.2 Å². The molecule has 0 aliphatic carbocycles. The molecule has 26 heavy (non-hydrogen) atoms. The number of hydrogen-bond acceptors (Lipinski definition) is 5. The van der Waals surface area contributed by atoms with Crippen molar-refractivity contribution >= 4 is 34.9 Å². The lowest BCUT2D eigenvalue weighted by Crippen LogP contribution is -2.29. The maximum Gasteiger partial charge on any atom is 0.270 e. The number of benzene rings is 2. The fourth-order valence-corrected chi connectivity index (χ4v) is 3.40. The van der Waals surface area contributed by atoms with Crippen molar-refractivity contribution in [2.24, 2.45) is 4.99 Å². The lowest BCUT2D eigenvalue weighted by molar-refractivity contribution is -0.384. The summed E-state index contributed by atoms with van der Waals surface area (Å²) in [4.78, 5) is 17.1. The third kappa shape index (κ3) is 3.96. The van der Waals surface area contributed by atoms with Crippen molar-refractivity contribution in [3.8, 4) is 5.75 Å². The largest absolute Gasteiger partial charge is 0.507 e. The quantitative estimate of drug-likeness (QED) is 0.464. The zero-order chi connectivity index (χ0) is 18.7. The van der Waals surface area contributed by atoms with Crippen LogP contribution >= 0.6 is 11.6 Å². The minimum absolute atomic E-state index is 0.0182. The molecule has 0 amide bonds. The molecule has 6 nitrogen and oxygen atoms in total. The van der Waals surface area contributed by atoms with Crippen LogP contribution in [0, 0.1) is 17.0 Å². The monoisotopic (exact) mass is 373 g/mol. The van der Waals surface area contributed by atoms with Crippen molar-refractivity contribution in [3.63, 3.8) is 0 Å². The van der Waals surface area contributed by atoms with Gasteiger partial charge in [-0.2, -0.15) is 0 Å². The van der Waals surface area contributed by atoms with Crippen molar-refractivity contribution in [1.29, 1.82) is 0 Å². The normalized spacial score (nSPS) is 14.8. The van der Waals surface area contributed by atoms with Crippen molar-refractivity contribution in [3.05, 3.63) is 56.6 Å². The summed E-state index contributed by atoms with van der Waals surface area (Å²) < 4.78 is 0. The summed E-state index contributed by atoms with van der Waals surface area (Å²) in [7, 11) is 0. The highest BCUT2D eigenvalue weighted by Gasteiger charge is 2.15. The zero-order valence-corrected chi connectivity index (χ0v) is 15.2. The molecular formula is C19H20ClN3O3. The molecule has 0 saturated carbocycles. The van der Waals surface area contributed by atoms with Crippen LogP contribution in [0.4, 0.5) is 17.1 Å². The number of phenols is 1. The number of aromatic hydroxyl groups is 1. The Labute approximate surface area is 156 Å². The standard InChI is InChI=1S/C19H20ClN3O3/c1-13-9-16(23(25)26)10-14(19(13)24)12-21-15-5-6-18(17(20)11-15)22-7-3-2-4-8-22/h5-6,9-12,24H,2-4,7-8H2,1H3. The molecule has 1 fully saturated rings. The fraction of sp³-hybridized carbons (Fsp3) is 0.316. The number of piperidine rings is 1. The summed E-state index contributed by atoms with van der Waals surface area (Å²) in [6, 6.07) is 8.20. The van der Waals surface area contributed by atoms with Crippen LogP contribution < -0.4 is 4.90 Å². The SMILES string of the molecule is Cc1cc([N+](=O)[O-])cc(C=Nc2ccc(N3CCCCC3)c(Cl)c2)c1O. The van der Waals surface area contributed by atoms with Crippen LogP contribution in [-0.4, -0.2) is 29.3 Å². The fourth-order valence-electron chi connectivity index (χ4n) is 3.10. The van der Waals surface area contributed by atoms with E-state index in [2.05, 4.69) is 9.89 Å².